The Morgan fingerprint density at radius 1 is 1.17 bits per heavy atom. The fourth-order valence-electron chi connectivity index (χ4n) is 3.36. The van der Waals surface area contributed by atoms with Crippen molar-refractivity contribution in [2.24, 2.45) is 11.7 Å². The fraction of sp³-hybridized carbons (Fsp3) is 0.333. The second kappa shape index (κ2) is 10.5. The van der Waals surface area contributed by atoms with Gasteiger partial charge in [0, 0.05) is 29.8 Å². The van der Waals surface area contributed by atoms with Crippen molar-refractivity contribution in [2.75, 3.05) is 6.61 Å². The molecule has 192 valence electrons. The van der Waals surface area contributed by atoms with Crippen LogP contribution in [0.1, 0.15) is 47.6 Å². The number of carbonyl (C=O) groups excluding carboxylic acids is 1. The molecule has 1 aliphatic carbocycles. The zero-order valence-corrected chi connectivity index (χ0v) is 19.0. The van der Waals surface area contributed by atoms with E-state index in [4.69, 9.17) is 14.9 Å². The molecule has 1 aliphatic rings. The fourth-order valence-corrected chi connectivity index (χ4v) is 3.36. The molecule has 3 N–H and O–H groups in total. The number of amides is 1. The molecule has 36 heavy (non-hydrogen) atoms. The highest BCUT2D eigenvalue weighted by atomic mass is 19.3. The maximum Gasteiger partial charge on any atom is 0.387 e. The van der Waals surface area contributed by atoms with Crippen LogP contribution >= 0.6 is 0 Å². The van der Waals surface area contributed by atoms with E-state index in [1.807, 2.05) is 0 Å². The average Bonchev–Trinajstić information content (AvgIpc) is 3.52. The van der Waals surface area contributed by atoms with Gasteiger partial charge in [-0.15, -0.1) is 0 Å². The van der Waals surface area contributed by atoms with Gasteiger partial charge in [-0.3, -0.25) is 4.79 Å². The molecule has 7 nitrogen and oxygen atoms in total. The van der Waals surface area contributed by atoms with Gasteiger partial charge in [0.15, 0.2) is 23.0 Å². The van der Waals surface area contributed by atoms with Crippen LogP contribution in [0.15, 0.2) is 34.7 Å². The molecule has 0 aliphatic heterocycles. The number of nitrogens with two attached hydrogens (primary N) is 1. The van der Waals surface area contributed by atoms with Crippen LogP contribution in [0.3, 0.4) is 0 Å². The van der Waals surface area contributed by atoms with Crippen molar-refractivity contribution in [3.63, 3.8) is 0 Å². The molecule has 1 fully saturated rings. The smallest absolute Gasteiger partial charge is 0.387 e. The maximum atomic E-state index is 13.9. The van der Waals surface area contributed by atoms with Crippen molar-refractivity contribution >= 4 is 5.91 Å². The molecule has 1 heterocycles. The molecule has 2 aromatic carbocycles. The Bertz CT molecular complexity index is 1240. The van der Waals surface area contributed by atoms with Gasteiger partial charge in [0.05, 0.1) is 12.6 Å². The lowest BCUT2D eigenvalue weighted by Gasteiger charge is -2.12. The maximum absolute atomic E-state index is 13.9. The van der Waals surface area contributed by atoms with Crippen molar-refractivity contribution in [3.8, 4) is 23.0 Å². The van der Waals surface area contributed by atoms with Crippen LogP contribution in [0.4, 0.5) is 22.0 Å². The molecule has 1 aromatic heterocycles. The van der Waals surface area contributed by atoms with Gasteiger partial charge in [-0.1, -0.05) is 0 Å². The number of rotatable bonds is 10. The first-order valence-electron chi connectivity index (χ1n) is 11.0. The van der Waals surface area contributed by atoms with E-state index >= 15 is 0 Å². The molecular weight excluding hydrogens is 489 g/mol. The van der Waals surface area contributed by atoms with E-state index in [9.17, 15) is 26.7 Å². The predicted octanol–water partition coefficient (Wildman–Crippen LogP) is 5.10. The Labute approximate surface area is 202 Å². The minimum absolute atomic E-state index is 0.0177. The third-order valence-electron chi connectivity index (χ3n) is 5.39. The van der Waals surface area contributed by atoms with Crippen LogP contribution in [-0.2, 0) is 6.54 Å². The lowest BCUT2D eigenvalue weighted by molar-refractivity contribution is -0.0515. The van der Waals surface area contributed by atoms with Gasteiger partial charge in [0.1, 0.15) is 17.5 Å². The lowest BCUT2D eigenvalue weighted by atomic mass is 10.1. The number of nitrogens with zero attached hydrogens (tertiary/aromatic N) is 1. The van der Waals surface area contributed by atoms with Crippen LogP contribution in [0, 0.1) is 23.4 Å². The summed E-state index contributed by atoms with van der Waals surface area (Å²) in [5, 5.41) is 2.31. The largest absolute Gasteiger partial charge is 0.489 e. The molecule has 0 radical (unpaired) electrons. The Hall–Kier alpha value is -3.67. The summed E-state index contributed by atoms with van der Waals surface area (Å²) in [6, 6.07) is 4.25. The number of halogens is 5. The van der Waals surface area contributed by atoms with Gasteiger partial charge in [-0.05, 0) is 43.9 Å². The van der Waals surface area contributed by atoms with Gasteiger partial charge >= 0.3 is 6.61 Å². The van der Waals surface area contributed by atoms with Crippen molar-refractivity contribution in [3.05, 3.63) is 64.8 Å². The number of alkyl halides is 2. The first kappa shape index (κ1) is 25.4. The normalized spacial score (nSPS) is 14.1. The number of hydrogen-bond acceptors (Lipinski definition) is 6. The van der Waals surface area contributed by atoms with E-state index in [0.29, 0.717) is 30.2 Å². The molecule has 12 heteroatoms. The first-order chi connectivity index (χ1) is 17.1. The summed E-state index contributed by atoms with van der Waals surface area (Å²) in [7, 11) is 0. The second-order valence-corrected chi connectivity index (χ2v) is 8.35. The summed E-state index contributed by atoms with van der Waals surface area (Å²) in [4.78, 5) is 16.9. The van der Waals surface area contributed by atoms with Crippen LogP contribution < -0.4 is 20.5 Å². The van der Waals surface area contributed by atoms with Gasteiger partial charge in [0.25, 0.3) is 5.91 Å². The van der Waals surface area contributed by atoms with Crippen molar-refractivity contribution in [1.82, 2.24) is 10.3 Å². The Kier molecular flexibility index (Phi) is 7.43. The molecule has 0 saturated heterocycles. The highest BCUT2D eigenvalue weighted by molar-refractivity contribution is 5.94. The van der Waals surface area contributed by atoms with Crippen molar-refractivity contribution < 1.29 is 40.6 Å². The minimum atomic E-state index is -3.06. The SMILES string of the molecule is C[C@H](N)c1oc(-c2ccc(OC(F)F)c(OCC3CC3)c2)nc1C(=O)NCc1c(F)cc(F)cc1F. The monoisotopic (exact) mass is 511 g/mol. The number of hydrogen-bond donors (Lipinski definition) is 2. The molecule has 0 unspecified atom stereocenters. The standard InChI is InChI=1S/C24H22F5N3O4/c1-11(30)21-20(22(33)31-9-15-16(26)7-14(25)8-17(15)27)32-23(36-21)13-4-5-18(35-24(28)29)19(6-13)34-10-12-2-3-12/h4-8,11-12,24H,2-3,9-10,30H2,1H3,(H,31,33)/t11-/m0/s1. The molecule has 1 atom stereocenters. The Morgan fingerprint density at radius 3 is 2.47 bits per heavy atom. The summed E-state index contributed by atoms with van der Waals surface area (Å²) in [6.07, 6.45) is 1.96. The average molecular weight is 511 g/mol. The summed E-state index contributed by atoms with van der Waals surface area (Å²) >= 11 is 0. The number of nitrogens with one attached hydrogen (secondary N) is 1. The lowest BCUT2D eigenvalue weighted by Crippen LogP contribution is -2.26. The summed E-state index contributed by atoms with van der Waals surface area (Å²) in [5.74, 6) is -4.12. The van der Waals surface area contributed by atoms with Crippen LogP contribution in [-0.4, -0.2) is 24.1 Å². The minimum Gasteiger partial charge on any atom is -0.489 e. The van der Waals surface area contributed by atoms with E-state index in [0.717, 1.165) is 12.8 Å². The third-order valence-corrected chi connectivity index (χ3v) is 5.39. The summed E-state index contributed by atoms with van der Waals surface area (Å²) < 4.78 is 82.4. The molecule has 1 amide bonds. The zero-order chi connectivity index (χ0) is 26.0. The zero-order valence-electron chi connectivity index (χ0n) is 19.0. The number of aromatic nitrogens is 1. The van der Waals surface area contributed by atoms with Crippen molar-refractivity contribution in [2.45, 2.75) is 39.0 Å². The van der Waals surface area contributed by atoms with Crippen molar-refractivity contribution in [1.29, 1.82) is 0 Å². The summed E-state index contributed by atoms with van der Waals surface area (Å²) in [6.45, 7) is -1.79. The van der Waals surface area contributed by atoms with Gasteiger partial charge in [-0.2, -0.15) is 8.78 Å². The molecule has 3 aromatic rings. The van der Waals surface area contributed by atoms with Crippen LogP contribution in [0.25, 0.3) is 11.5 Å². The van der Waals surface area contributed by atoms with Gasteiger partial charge in [0.2, 0.25) is 5.89 Å². The van der Waals surface area contributed by atoms with Gasteiger partial charge < -0.3 is 24.9 Å². The molecule has 4 rings (SSSR count). The molecule has 0 spiro atoms. The topological polar surface area (TPSA) is 99.6 Å². The predicted molar refractivity (Wildman–Crippen MR) is 117 cm³/mol. The summed E-state index contributed by atoms with van der Waals surface area (Å²) in [5.41, 5.74) is 5.42. The van der Waals surface area contributed by atoms with Crippen LogP contribution in [0.5, 0.6) is 11.5 Å². The number of ether oxygens (including phenoxy) is 2. The Balaban J connectivity index is 1.59. The number of carbonyl (C=O) groups is 1. The van der Waals surface area contributed by atoms with E-state index in [-0.39, 0.29) is 28.8 Å². The van der Waals surface area contributed by atoms with E-state index < -0.39 is 48.1 Å². The number of oxazole rings is 1. The quantitative estimate of drug-likeness (QED) is 0.368. The molecule has 0 bridgehead atoms. The molecular formula is C24H22F5N3O4. The second-order valence-electron chi connectivity index (χ2n) is 8.35. The van der Waals surface area contributed by atoms with E-state index in [2.05, 4.69) is 15.0 Å². The highest BCUT2D eigenvalue weighted by Crippen LogP contribution is 2.37. The Morgan fingerprint density at radius 2 is 1.86 bits per heavy atom. The van der Waals surface area contributed by atoms with Crippen LogP contribution in [0.2, 0.25) is 0 Å². The number of benzene rings is 2. The highest BCUT2D eigenvalue weighted by Gasteiger charge is 2.26. The molecule has 1 saturated carbocycles. The van der Waals surface area contributed by atoms with E-state index in [1.165, 1.54) is 25.1 Å². The van der Waals surface area contributed by atoms with E-state index in [1.54, 1.807) is 0 Å². The first-order valence-corrected chi connectivity index (χ1v) is 11.0. The third kappa shape index (κ3) is 5.93. The van der Waals surface area contributed by atoms with Gasteiger partial charge in [-0.25, -0.2) is 18.2 Å².